The van der Waals surface area contributed by atoms with Crippen LogP contribution in [0.15, 0.2) is 47.4 Å². The van der Waals surface area contributed by atoms with E-state index in [1.807, 2.05) is 0 Å². The number of benzene rings is 2. The van der Waals surface area contributed by atoms with Crippen LogP contribution in [0.25, 0.3) is 0 Å². The fourth-order valence-corrected chi connectivity index (χ4v) is 3.18. The van der Waals surface area contributed by atoms with Crippen molar-refractivity contribution in [1.29, 1.82) is 0 Å². The van der Waals surface area contributed by atoms with Crippen molar-refractivity contribution in [3.05, 3.63) is 58.1 Å². The second-order valence-corrected chi connectivity index (χ2v) is 7.49. The number of nitrogens with one attached hydrogen (secondary N) is 1. The Labute approximate surface area is 173 Å². The summed E-state index contributed by atoms with van der Waals surface area (Å²) in [6, 6.07) is 10.0. The lowest BCUT2D eigenvalue weighted by atomic mass is 10.1. The van der Waals surface area contributed by atoms with E-state index in [1.165, 1.54) is 17.8 Å². The Bertz CT molecular complexity index is 845. The van der Waals surface area contributed by atoms with Crippen molar-refractivity contribution in [2.45, 2.75) is 17.5 Å². The summed E-state index contributed by atoms with van der Waals surface area (Å²) in [4.78, 5) is 24.4. The first-order chi connectivity index (χ1) is 13.1. The van der Waals surface area contributed by atoms with Gasteiger partial charge in [0.15, 0.2) is 6.61 Å². The van der Waals surface area contributed by atoms with Gasteiger partial charge < -0.3 is 10.1 Å². The van der Waals surface area contributed by atoms with Crippen molar-refractivity contribution in [1.82, 2.24) is 0 Å². The number of thioether (sulfide) groups is 1. The molecule has 0 bridgehead atoms. The average molecular weight is 452 g/mol. The molecule has 2 aromatic carbocycles. The maximum Gasteiger partial charge on any atom is 0.418 e. The number of rotatable bonds is 7. The van der Waals surface area contributed by atoms with Crippen molar-refractivity contribution >= 4 is 52.5 Å². The molecule has 4 nitrogen and oxygen atoms in total. The molecule has 28 heavy (non-hydrogen) atoms. The highest BCUT2D eigenvalue weighted by molar-refractivity contribution is 7.99. The number of alkyl halides is 3. The van der Waals surface area contributed by atoms with Crippen molar-refractivity contribution < 1.29 is 27.5 Å². The van der Waals surface area contributed by atoms with Gasteiger partial charge in [-0.3, -0.25) is 9.59 Å². The number of ether oxygens (including phenoxy) is 1. The van der Waals surface area contributed by atoms with Gasteiger partial charge in [-0.2, -0.15) is 13.2 Å². The summed E-state index contributed by atoms with van der Waals surface area (Å²) in [5.74, 6) is -1.10. The van der Waals surface area contributed by atoms with Crippen molar-refractivity contribution in [2.24, 2.45) is 0 Å². The van der Waals surface area contributed by atoms with Gasteiger partial charge in [-0.05, 0) is 42.5 Å². The molecule has 0 radical (unpaired) electrons. The second-order valence-electron chi connectivity index (χ2n) is 5.45. The molecule has 2 rings (SSSR count). The van der Waals surface area contributed by atoms with Crippen molar-refractivity contribution in [2.75, 3.05) is 17.7 Å². The summed E-state index contributed by atoms with van der Waals surface area (Å²) in [6.45, 7) is -0.690. The molecular formula is C18H14Cl2F3NO3S. The summed E-state index contributed by atoms with van der Waals surface area (Å²) >= 11 is 12.8. The molecule has 0 aliphatic carbocycles. The lowest BCUT2D eigenvalue weighted by Gasteiger charge is -2.14. The van der Waals surface area contributed by atoms with E-state index < -0.39 is 35.9 Å². The zero-order valence-electron chi connectivity index (χ0n) is 14.2. The molecule has 0 unspecified atom stereocenters. The minimum absolute atomic E-state index is 0.0370. The summed E-state index contributed by atoms with van der Waals surface area (Å²) in [7, 11) is 0. The predicted molar refractivity (Wildman–Crippen MR) is 103 cm³/mol. The first kappa shape index (κ1) is 22.4. The number of anilines is 1. The smallest absolute Gasteiger partial charge is 0.418 e. The van der Waals surface area contributed by atoms with Gasteiger partial charge in [-0.15, -0.1) is 11.8 Å². The van der Waals surface area contributed by atoms with Gasteiger partial charge >= 0.3 is 12.1 Å². The molecule has 0 aromatic heterocycles. The highest BCUT2D eigenvalue weighted by Crippen LogP contribution is 2.36. The van der Waals surface area contributed by atoms with Crippen LogP contribution in [0.5, 0.6) is 0 Å². The Hall–Kier alpha value is -1.90. The van der Waals surface area contributed by atoms with Crippen LogP contribution in [0.3, 0.4) is 0 Å². The van der Waals surface area contributed by atoms with Crippen LogP contribution in [0.2, 0.25) is 10.0 Å². The van der Waals surface area contributed by atoms with Gasteiger partial charge in [-0.25, -0.2) is 0 Å². The number of hydrogen-bond acceptors (Lipinski definition) is 4. The fourth-order valence-electron chi connectivity index (χ4n) is 2.05. The maximum absolute atomic E-state index is 13.0. The zero-order chi connectivity index (χ0) is 20.7. The Kier molecular flexibility index (Phi) is 8.03. The Morgan fingerprint density at radius 2 is 1.68 bits per heavy atom. The number of carbonyl (C=O) groups is 2. The van der Waals surface area contributed by atoms with Gasteiger partial charge in [0.25, 0.3) is 5.91 Å². The monoisotopic (exact) mass is 451 g/mol. The Balaban J connectivity index is 1.79. The SMILES string of the molecule is O=C(COC(=O)CCSc1ccc(Cl)cc1)Nc1ccc(Cl)cc1C(F)(F)F. The lowest BCUT2D eigenvalue weighted by Crippen LogP contribution is -2.22. The molecule has 0 spiro atoms. The van der Waals surface area contributed by atoms with Crippen LogP contribution in [0.4, 0.5) is 18.9 Å². The lowest BCUT2D eigenvalue weighted by molar-refractivity contribution is -0.147. The maximum atomic E-state index is 13.0. The van der Waals surface area contributed by atoms with Crippen LogP contribution < -0.4 is 5.32 Å². The molecule has 0 saturated carbocycles. The van der Waals surface area contributed by atoms with E-state index in [0.29, 0.717) is 16.8 Å². The summed E-state index contributed by atoms with van der Waals surface area (Å²) in [5, 5.41) is 2.56. The molecule has 0 aliphatic rings. The van der Waals surface area contributed by atoms with E-state index >= 15 is 0 Å². The standard InChI is InChI=1S/C18H14Cl2F3NO3S/c19-11-1-4-13(5-2-11)28-8-7-17(26)27-10-16(25)24-15-6-3-12(20)9-14(15)18(21,22)23/h1-6,9H,7-8,10H2,(H,24,25). The molecule has 0 atom stereocenters. The van der Waals surface area contributed by atoms with Crippen LogP contribution in [-0.4, -0.2) is 24.2 Å². The number of carbonyl (C=O) groups excluding carboxylic acids is 2. The zero-order valence-corrected chi connectivity index (χ0v) is 16.5. The molecule has 1 N–H and O–H groups in total. The largest absolute Gasteiger partial charge is 0.456 e. The van der Waals surface area contributed by atoms with E-state index in [2.05, 4.69) is 5.32 Å². The molecule has 1 amide bonds. The topological polar surface area (TPSA) is 55.4 Å². The first-order valence-corrected chi connectivity index (χ1v) is 9.60. The molecule has 0 saturated heterocycles. The Morgan fingerprint density at radius 1 is 1.04 bits per heavy atom. The van der Waals surface area contributed by atoms with E-state index in [9.17, 15) is 22.8 Å². The van der Waals surface area contributed by atoms with Crippen molar-refractivity contribution in [3.8, 4) is 0 Å². The normalized spacial score (nSPS) is 11.2. The molecule has 0 aliphatic heterocycles. The third-order valence-corrected chi connectivity index (χ3v) is 4.81. The third kappa shape index (κ3) is 7.26. The minimum Gasteiger partial charge on any atom is -0.456 e. The average Bonchev–Trinajstić information content (AvgIpc) is 2.62. The molecule has 150 valence electrons. The number of halogens is 5. The fraction of sp³-hybridized carbons (Fsp3) is 0.222. The van der Waals surface area contributed by atoms with Gasteiger partial charge in [0.05, 0.1) is 17.7 Å². The Morgan fingerprint density at radius 3 is 2.32 bits per heavy atom. The van der Waals surface area contributed by atoms with Gasteiger partial charge in [-0.1, -0.05) is 23.2 Å². The van der Waals surface area contributed by atoms with E-state index in [1.54, 1.807) is 24.3 Å². The summed E-state index contributed by atoms with van der Waals surface area (Å²) < 4.78 is 43.8. The van der Waals surface area contributed by atoms with Gasteiger partial charge in [0.2, 0.25) is 0 Å². The van der Waals surface area contributed by atoms with Gasteiger partial charge in [0.1, 0.15) is 0 Å². The third-order valence-electron chi connectivity index (χ3n) is 3.31. The molecule has 0 fully saturated rings. The van der Waals surface area contributed by atoms with Gasteiger partial charge in [0, 0.05) is 20.7 Å². The second kappa shape index (κ2) is 10.0. The van der Waals surface area contributed by atoms with Crippen LogP contribution >= 0.6 is 35.0 Å². The number of hydrogen-bond donors (Lipinski definition) is 1. The van der Waals surface area contributed by atoms with E-state index in [4.69, 9.17) is 27.9 Å². The number of esters is 1. The quantitative estimate of drug-likeness (QED) is 0.434. The van der Waals surface area contributed by atoms with Crippen LogP contribution in [0, 0.1) is 0 Å². The highest BCUT2D eigenvalue weighted by atomic mass is 35.5. The van der Waals surface area contributed by atoms with E-state index in [0.717, 1.165) is 11.0 Å². The van der Waals surface area contributed by atoms with Crippen LogP contribution in [-0.2, 0) is 20.5 Å². The van der Waals surface area contributed by atoms with E-state index in [-0.39, 0.29) is 11.4 Å². The minimum atomic E-state index is -4.69. The first-order valence-electron chi connectivity index (χ1n) is 7.86. The summed E-state index contributed by atoms with van der Waals surface area (Å²) in [6.07, 6.45) is -4.65. The number of amides is 1. The molecular weight excluding hydrogens is 438 g/mol. The molecule has 2 aromatic rings. The summed E-state index contributed by atoms with van der Waals surface area (Å²) in [5.41, 5.74) is -1.55. The molecule has 10 heteroatoms. The highest BCUT2D eigenvalue weighted by Gasteiger charge is 2.34. The molecule has 0 heterocycles. The van der Waals surface area contributed by atoms with Crippen molar-refractivity contribution in [3.63, 3.8) is 0 Å². The van der Waals surface area contributed by atoms with Crippen LogP contribution in [0.1, 0.15) is 12.0 Å². The predicted octanol–water partition coefficient (Wildman–Crippen LogP) is 5.68.